The topological polar surface area (TPSA) is 46.1 Å². The molecule has 1 aromatic heterocycles. The van der Waals surface area contributed by atoms with Crippen LogP contribution in [0.15, 0.2) is 18.6 Å². The zero-order valence-corrected chi connectivity index (χ0v) is 8.48. The van der Waals surface area contributed by atoms with Gasteiger partial charge in [-0.25, -0.2) is 4.98 Å². The number of rotatable bonds is 1. The maximum atomic E-state index is 11.5. The van der Waals surface area contributed by atoms with E-state index in [1.165, 1.54) is 0 Å². The highest BCUT2D eigenvalue weighted by Crippen LogP contribution is 2.32. The Labute approximate surface area is 84.8 Å². The second-order valence-corrected chi connectivity index (χ2v) is 5.54. The van der Waals surface area contributed by atoms with E-state index in [2.05, 4.69) is 14.9 Å². The van der Waals surface area contributed by atoms with Crippen molar-refractivity contribution in [1.82, 2.24) is 9.97 Å². The van der Waals surface area contributed by atoms with Gasteiger partial charge in [0, 0.05) is 41.5 Å². The van der Waals surface area contributed by atoms with Crippen LogP contribution in [0.2, 0.25) is 0 Å². The highest BCUT2D eigenvalue weighted by Gasteiger charge is 2.43. The van der Waals surface area contributed by atoms with Gasteiger partial charge in [0.25, 0.3) is 0 Å². The van der Waals surface area contributed by atoms with Crippen molar-refractivity contribution in [1.29, 1.82) is 0 Å². The molecule has 3 rings (SSSR count). The van der Waals surface area contributed by atoms with Gasteiger partial charge in [0.1, 0.15) is 5.82 Å². The molecule has 0 N–H and O–H groups in total. The Kier molecular flexibility index (Phi) is 1.80. The van der Waals surface area contributed by atoms with Crippen molar-refractivity contribution < 1.29 is 4.21 Å². The molecule has 5 heteroatoms. The normalized spacial score (nSPS) is 35.1. The lowest BCUT2D eigenvalue weighted by Crippen LogP contribution is -2.38. The van der Waals surface area contributed by atoms with Gasteiger partial charge < -0.3 is 4.90 Å². The lowest BCUT2D eigenvalue weighted by atomic mass is 10.2. The molecule has 4 nitrogen and oxygen atoms in total. The summed E-state index contributed by atoms with van der Waals surface area (Å²) >= 11 is 0. The van der Waals surface area contributed by atoms with Crippen molar-refractivity contribution in [3.05, 3.63) is 18.6 Å². The van der Waals surface area contributed by atoms with Crippen LogP contribution in [0.5, 0.6) is 0 Å². The summed E-state index contributed by atoms with van der Waals surface area (Å²) in [7, 11) is -0.595. The standard InChI is InChI=1S/C9H11N3OS/c13-14-6-7-3-8(14)5-12(7)9-4-10-1-2-11-9/h1-2,4,7-8H,3,5-6H2/t7-,8-,14?/m0/s1. The molecule has 0 aliphatic carbocycles. The van der Waals surface area contributed by atoms with Gasteiger partial charge >= 0.3 is 0 Å². The van der Waals surface area contributed by atoms with Crippen LogP contribution in [0.1, 0.15) is 6.42 Å². The molecule has 2 aliphatic heterocycles. The summed E-state index contributed by atoms with van der Waals surface area (Å²) in [6, 6.07) is 0.428. The van der Waals surface area contributed by atoms with E-state index in [1.807, 2.05) is 0 Å². The van der Waals surface area contributed by atoms with E-state index in [-0.39, 0.29) is 0 Å². The lowest BCUT2D eigenvalue weighted by Gasteiger charge is -2.26. The number of anilines is 1. The fourth-order valence-electron chi connectivity index (χ4n) is 2.27. The average Bonchev–Trinajstić information content (AvgIpc) is 2.77. The minimum atomic E-state index is -0.595. The third-order valence-corrected chi connectivity index (χ3v) is 4.75. The molecule has 2 saturated heterocycles. The van der Waals surface area contributed by atoms with Gasteiger partial charge in [0.15, 0.2) is 0 Å². The van der Waals surface area contributed by atoms with Crippen molar-refractivity contribution in [2.24, 2.45) is 0 Å². The zero-order valence-electron chi connectivity index (χ0n) is 7.67. The second kappa shape index (κ2) is 3.02. The minimum Gasteiger partial charge on any atom is -0.350 e. The lowest BCUT2D eigenvalue weighted by molar-refractivity contribution is 0.671. The summed E-state index contributed by atoms with van der Waals surface area (Å²) in [5.41, 5.74) is 0. The first kappa shape index (κ1) is 8.35. The second-order valence-electron chi connectivity index (χ2n) is 3.77. The Bertz CT molecular complexity index is 370. The molecule has 14 heavy (non-hydrogen) atoms. The molecule has 2 aliphatic rings. The van der Waals surface area contributed by atoms with Crippen molar-refractivity contribution >= 4 is 16.6 Å². The van der Waals surface area contributed by atoms with Crippen LogP contribution in [0, 0.1) is 0 Å². The molecule has 0 saturated carbocycles. The summed E-state index contributed by atoms with van der Waals surface area (Å²) in [5.74, 6) is 1.73. The Hall–Kier alpha value is -0.970. The Morgan fingerprint density at radius 2 is 2.43 bits per heavy atom. The van der Waals surface area contributed by atoms with Gasteiger partial charge in [-0.05, 0) is 6.42 Å². The molecular formula is C9H11N3OS. The maximum absolute atomic E-state index is 11.5. The molecule has 3 atom stereocenters. The van der Waals surface area contributed by atoms with Crippen LogP contribution < -0.4 is 4.90 Å². The Morgan fingerprint density at radius 3 is 3.00 bits per heavy atom. The van der Waals surface area contributed by atoms with Crippen molar-refractivity contribution in [3.63, 3.8) is 0 Å². The van der Waals surface area contributed by atoms with Crippen LogP contribution in [0.4, 0.5) is 5.82 Å². The van der Waals surface area contributed by atoms with Gasteiger partial charge in [0.2, 0.25) is 0 Å². The van der Waals surface area contributed by atoms with E-state index >= 15 is 0 Å². The molecule has 0 spiro atoms. The minimum absolute atomic E-state index is 0.363. The number of hydrogen-bond acceptors (Lipinski definition) is 4. The quantitative estimate of drug-likeness (QED) is 0.662. The summed E-state index contributed by atoms with van der Waals surface area (Å²) < 4.78 is 11.5. The van der Waals surface area contributed by atoms with Crippen LogP contribution >= 0.6 is 0 Å². The zero-order chi connectivity index (χ0) is 9.54. The third kappa shape index (κ3) is 1.15. The summed E-state index contributed by atoms with van der Waals surface area (Å²) in [5, 5.41) is 0.363. The van der Waals surface area contributed by atoms with Gasteiger partial charge in [0.05, 0.1) is 11.4 Å². The Morgan fingerprint density at radius 1 is 1.50 bits per heavy atom. The van der Waals surface area contributed by atoms with E-state index in [0.29, 0.717) is 11.3 Å². The number of hydrogen-bond donors (Lipinski definition) is 0. The average molecular weight is 209 g/mol. The molecular weight excluding hydrogens is 198 g/mol. The fraction of sp³-hybridized carbons (Fsp3) is 0.556. The molecule has 3 heterocycles. The first-order chi connectivity index (χ1) is 6.84. The van der Waals surface area contributed by atoms with Crippen LogP contribution in [-0.2, 0) is 10.8 Å². The molecule has 2 bridgehead atoms. The molecule has 1 aromatic rings. The predicted molar refractivity (Wildman–Crippen MR) is 54.6 cm³/mol. The molecule has 1 unspecified atom stereocenters. The van der Waals surface area contributed by atoms with E-state index in [4.69, 9.17) is 0 Å². The number of nitrogens with zero attached hydrogens (tertiary/aromatic N) is 3. The number of aromatic nitrogens is 2. The monoisotopic (exact) mass is 209 g/mol. The van der Waals surface area contributed by atoms with Crippen LogP contribution in [0.25, 0.3) is 0 Å². The molecule has 74 valence electrons. The van der Waals surface area contributed by atoms with Gasteiger partial charge in [-0.15, -0.1) is 0 Å². The number of fused-ring (bicyclic) bond motifs is 2. The summed E-state index contributed by atoms with van der Waals surface area (Å²) in [6.45, 7) is 0.885. The highest BCUT2D eigenvalue weighted by molar-refractivity contribution is 7.86. The van der Waals surface area contributed by atoms with E-state index in [0.717, 1.165) is 24.5 Å². The molecule has 0 aromatic carbocycles. The summed E-state index contributed by atoms with van der Waals surface area (Å²) in [4.78, 5) is 10.6. The van der Waals surface area contributed by atoms with E-state index < -0.39 is 10.8 Å². The van der Waals surface area contributed by atoms with Crippen molar-refractivity contribution in [2.75, 3.05) is 17.2 Å². The highest BCUT2D eigenvalue weighted by atomic mass is 32.2. The van der Waals surface area contributed by atoms with Gasteiger partial charge in [-0.1, -0.05) is 0 Å². The third-order valence-electron chi connectivity index (χ3n) is 2.95. The predicted octanol–water partition coefficient (Wildman–Crippen LogP) is 0.186. The van der Waals surface area contributed by atoms with Crippen molar-refractivity contribution in [2.45, 2.75) is 17.7 Å². The van der Waals surface area contributed by atoms with Gasteiger partial charge in [-0.2, -0.15) is 0 Å². The fourth-order valence-corrected chi connectivity index (χ4v) is 4.00. The molecule has 2 fully saturated rings. The maximum Gasteiger partial charge on any atom is 0.147 e. The smallest absolute Gasteiger partial charge is 0.147 e. The van der Waals surface area contributed by atoms with E-state index in [9.17, 15) is 4.21 Å². The first-order valence-electron chi connectivity index (χ1n) is 4.74. The van der Waals surface area contributed by atoms with E-state index in [1.54, 1.807) is 18.6 Å². The SMILES string of the molecule is O=S1C[C@@H]2C[C@H]1CN2c1cnccn1. The van der Waals surface area contributed by atoms with Crippen LogP contribution in [-0.4, -0.2) is 37.8 Å². The summed E-state index contributed by atoms with van der Waals surface area (Å²) in [6.07, 6.45) is 6.22. The largest absolute Gasteiger partial charge is 0.350 e. The van der Waals surface area contributed by atoms with Crippen molar-refractivity contribution in [3.8, 4) is 0 Å². The Balaban J connectivity index is 1.87. The van der Waals surface area contributed by atoms with Crippen LogP contribution in [0.3, 0.4) is 0 Å². The molecule has 0 radical (unpaired) electrons. The molecule has 0 amide bonds. The first-order valence-corrected chi connectivity index (χ1v) is 6.12. The van der Waals surface area contributed by atoms with Gasteiger partial charge in [-0.3, -0.25) is 9.19 Å².